The summed E-state index contributed by atoms with van der Waals surface area (Å²) in [6, 6.07) is 6.59. The molecule has 1 saturated carbocycles. The van der Waals surface area contributed by atoms with Gasteiger partial charge < -0.3 is 10.2 Å². The molecule has 1 aromatic rings. The zero-order valence-corrected chi connectivity index (χ0v) is 15.0. The van der Waals surface area contributed by atoms with Gasteiger partial charge in [0.2, 0.25) is 0 Å². The molecule has 1 aliphatic carbocycles. The number of hydrogen-bond donors (Lipinski definition) is 1. The largest absolute Gasteiger partial charge is 0.336 e. The van der Waals surface area contributed by atoms with E-state index >= 15 is 0 Å². The van der Waals surface area contributed by atoms with Crippen molar-refractivity contribution >= 4 is 17.6 Å². The van der Waals surface area contributed by atoms with E-state index in [0.29, 0.717) is 18.7 Å². The number of anilines is 1. The molecule has 6 heteroatoms. The maximum Gasteiger partial charge on any atom is 0.322 e. The zero-order valence-electron chi connectivity index (χ0n) is 15.0. The van der Waals surface area contributed by atoms with Crippen LogP contribution in [-0.4, -0.2) is 66.5 Å². The maximum atomic E-state index is 13.1. The van der Waals surface area contributed by atoms with Crippen LogP contribution in [0.3, 0.4) is 0 Å². The fourth-order valence-corrected chi connectivity index (χ4v) is 3.96. The zero-order chi connectivity index (χ0) is 17.6. The number of amides is 3. The van der Waals surface area contributed by atoms with Gasteiger partial charge in [-0.1, -0.05) is 6.07 Å². The average Bonchev–Trinajstić information content (AvgIpc) is 3.37. The smallest absolute Gasteiger partial charge is 0.322 e. The Balaban J connectivity index is 1.53. The lowest BCUT2D eigenvalue weighted by molar-refractivity contribution is 0.0474. The van der Waals surface area contributed by atoms with E-state index in [-0.39, 0.29) is 18.0 Å². The number of hydrogen-bond acceptors (Lipinski definition) is 3. The summed E-state index contributed by atoms with van der Waals surface area (Å²) in [7, 11) is 0. The molecule has 1 unspecified atom stereocenters. The highest BCUT2D eigenvalue weighted by Crippen LogP contribution is 2.30. The fraction of sp³-hybridized carbons (Fsp3) is 0.579. The van der Waals surface area contributed by atoms with E-state index in [2.05, 4.69) is 17.1 Å². The molecule has 0 radical (unpaired) electrons. The fourth-order valence-electron chi connectivity index (χ4n) is 3.96. The van der Waals surface area contributed by atoms with Gasteiger partial charge in [0.05, 0.1) is 0 Å². The number of carbonyl (C=O) groups excluding carboxylic acids is 2. The summed E-state index contributed by atoms with van der Waals surface area (Å²) in [6.45, 7) is 8.12. The van der Waals surface area contributed by atoms with Crippen molar-refractivity contribution in [1.29, 1.82) is 0 Å². The predicted molar refractivity (Wildman–Crippen MR) is 97.0 cm³/mol. The van der Waals surface area contributed by atoms with Gasteiger partial charge in [0.1, 0.15) is 0 Å². The Morgan fingerprint density at radius 1 is 1.20 bits per heavy atom. The summed E-state index contributed by atoms with van der Waals surface area (Å²) >= 11 is 0. The van der Waals surface area contributed by atoms with E-state index in [9.17, 15) is 9.59 Å². The van der Waals surface area contributed by atoms with Gasteiger partial charge in [0.25, 0.3) is 5.91 Å². The Bertz CT molecular complexity index is 701. The first kappa shape index (κ1) is 16.4. The number of carbonyl (C=O) groups is 2. The molecule has 3 amide bonds. The average molecular weight is 342 g/mol. The maximum absolute atomic E-state index is 13.1. The Morgan fingerprint density at radius 3 is 2.64 bits per heavy atom. The highest BCUT2D eigenvalue weighted by Gasteiger charge is 2.36. The number of nitrogens with zero attached hydrogens (tertiary/aromatic N) is 3. The van der Waals surface area contributed by atoms with Crippen LogP contribution < -0.4 is 10.2 Å². The van der Waals surface area contributed by atoms with Gasteiger partial charge in [0.15, 0.2) is 0 Å². The van der Waals surface area contributed by atoms with Gasteiger partial charge in [0, 0.05) is 56.1 Å². The number of rotatable bonds is 3. The van der Waals surface area contributed by atoms with Gasteiger partial charge in [-0.3, -0.25) is 14.6 Å². The monoisotopic (exact) mass is 342 g/mol. The molecule has 1 atom stereocenters. The number of benzene rings is 1. The van der Waals surface area contributed by atoms with Crippen molar-refractivity contribution in [1.82, 2.24) is 15.1 Å². The van der Waals surface area contributed by atoms with Gasteiger partial charge in [-0.2, -0.15) is 0 Å². The van der Waals surface area contributed by atoms with E-state index in [0.717, 1.165) is 36.9 Å². The summed E-state index contributed by atoms with van der Waals surface area (Å²) in [4.78, 5) is 31.3. The molecule has 0 spiro atoms. The molecule has 134 valence electrons. The third-order valence-electron chi connectivity index (χ3n) is 5.59. The van der Waals surface area contributed by atoms with Gasteiger partial charge in [-0.25, -0.2) is 4.79 Å². The van der Waals surface area contributed by atoms with Crippen LogP contribution in [0.25, 0.3) is 0 Å². The van der Waals surface area contributed by atoms with Crippen LogP contribution in [-0.2, 0) is 0 Å². The van der Waals surface area contributed by atoms with Crippen molar-refractivity contribution < 1.29 is 9.59 Å². The second-order valence-electron chi connectivity index (χ2n) is 7.46. The molecule has 4 rings (SSSR count). The van der Waals surface area contributed by atoms with Gasteiger partial charge in [-0.15, -0.1) is 0 Å². The lowest BCUT2D eigenvalue weighted by Gasteiger charge is -2.40. The molecule has 1 N–H and O–H groups in total. The Morgan fingerprint density at radius 2 is 2.00 bits per heavy atom. The molecule has 3 aliphatic rings. The minimum Gasteiger partial charge on any atom is -0.336 e. The minimum atomic E-state index is -0.0842. The van der Waals surface area contributed by atoms with E-state index in [4.69, 9.17) is 0 Å². The molecular weight excluding hydrogens is 316 g/mol. The normalized spacial score (nSPS) is 24.6. The van der Waals surface area contributed by atoms with Crippen molar-refractivity contribution in [3.05, 3.63) is 29.3 Å². The summed E-state index contributed by atoms with van der Waals surface area (Å²) in [5.41, 5.74) is 2.53. The molecule has 6 nitrogen and oxygen atoms in total. The second kappa shape index (κ2) is 6.33. The summed E-state index contributed by atoms with van der Waals surface area (Å²) < 4.78 is 0. The molecule has 2 saturated heterocycles. The molecule has 1 aromatic carbocycles. The van der Waals surface area contributed by atoms with Crippen LogP contribution in [0.4, 0.5) is 10.5 Å². The van der Waals surface area contributed by atoms with Crippen molar-refractivity contribution in [3.8, 4) is 0 Å². The van der Waals surface area contributed by atoms with Crippen molar-refractivity contribution in [2.45, 2.75) is 38.8 Å². The number of aryl methyl sites for hydroxylation is 1. The van der Waals surface area contributed by atoms with Crippen LogP contribution in [0.15, 0.2) is 18.2 Å². The topological polar surface area (TPSA) is 55.9 Å². The summed E-state index contributed by atoms with van der Waals surface area (Å²) in [6.07, 6.45) is 2.61. The van der Waals surface area contributed by atoms with Crippen LogP contribution >= 0.6 is 0 Å². The third kappa shape index (κ3) is 3.11. The van der Waals surface area contributed by atoms with Crippen LogP contribution in [0.5, 0.6) is 0 Å². The van der Waals surface area contributed by atoms with Gasteiger partial charge in [-0.05, 0) is 44.4 Å². The van der Waals surface area contributed by atoms with E-state index in [1.165, 1.54) is 12.8 Å². The molecule has 3 fully saturated rings. The Hall–Kier alpha value is -2.08. The SMILES string of the molecule is Cc1ccc(C(=O)N2CCN(C3CC3)CC2C)cc1N1CCNC1=O. The molecule has 0 aromatic heterocycles. The quantitative estimate of drug-likeness (QED) is 0.912. The van der Waals surface area contributed by atoms with Crippen molar-refractivity contribution in [2.75, 3.05) is 37.6 Å². The number of piperazine rings is 1. The number of nitrogens with one attached hydrogen (secondary N) is 1. The van der Waals surface area contributed by atoms with Crippen molar-refractivity contribution in [2.24, 2.45) is 0 Å². The van der Waals surface area contributed by atoms with E-state index in [1.54, 1.807) is 4.90 Å². The first-order valence-electron chi connectivity index (χ1n) is 9.25. The molecule has 2 aliphatic heterocycles. The highest BCUT2D eigenvalue weighted by atomic mass is 16.2. The molecule has 2 heterocycles. The third-order valence-corrected chi connectivity index (χ3v) is 5.59. The Labute approximate surface area is 148 Å². The predicted octanol–water partition coefficient (Wildman–Crippen LogP) is 1.83. The molecular formula is C19H26N4O2. The van der Waals surface area contributed by atoms with E-state index in [1.807, 2.05) is 30.0 Å². The van der Waals surface area contributed by atoms with Crippen LogP contribution in [0, 0.1) is 6.92 Å². The summed E-state index contributed by atoms with van der Waals surface area (Å²) in [5.74, 6) is 0.0730. The standard InChI is InChI=1S/C19H26N4O2/c1-13-3-4-15(11-17(13)23-8-7-20-19(23)25)18(24)22-10-9-21(12-14(22)2)16-5-6-16/h3-4,11,14,16H,5-10,12H2,1-2H3,(H,20,25). The van der Waals surface area contributed by atoms with Crippen LogP contribution in [0.1, 0.15) is 35.7 Å². The summed E-state index contributed by atoms with van der Waals surface area (Å²) in [5, 5.41) is 2.82. The Kier molecular flexibility index (Phi) is 4.15. The van der Waals surface area contributed by atoms with Crippen LogP contribution in [0.2, 0.25) is 0 Å². The lowest BCUT2D eigenvalue weighted by atomic mass is 10.1. The van der Waals surface area contributed by atoms with Gasteiger partial charge >= 0.3 is 6.03 Å². The first-order chi connectivity index (χ1) is 12.0. The van der Waals surface area contributed by atoms with E-state index < -0.39 is 0 Å². The first-order valence-corrected chi connectivity index (χ1v) is 9.25. The lowest BCUT2D eigenvalue weighted by Crippen LogP contribution is -2.54. The minimum absolute atomic E-state index is 0.0730. The molecule has 25 heavy (non-hydrogen) atoms. The number of urea groups is 1. The van der Waals surface area contributed by atoms with Crippen molar-refractivity contribution in [3.63, 3.8) is 0 Å². The second-order valence-corrected chi connectivity index (χ2v) is 7.46. The molecule has 0 bridgehead atoms. The highest BCUT2D eigenvalue weighted by molar-refractivity contribution is 5.99.